The van der Waals surface area contributed by atoms with Gasteiger partial charge in [0.05, 0.1) is 6.61 Å². The molecular formula is C15H24N2O10. The zero-order valence-corrected chi connectivity index (χ0v) is 15.1. The van der Waals surface area contributed by atoms with E-state index in [4.69, 9.17) is 29.8 Å². The van der Waals surface area contributed by atoms with Crippen molar-refractivity contribution in [2.24, 2.45) is 5.73 Å². The highest BCUT2D eigenvalue weighted by molar-refractivity contribution is 5.74. The van der Waals surface area contributed by atoms with Crippen LogP contribution in [0.1, 0.15) is 20.8 Å². The van der Waals surface area contributed by atoms with E-state index in [0.29, 0.717) is 0 Å². The van der Waals surface area contributed by atoms with Crippen LogP contribution in [0, 0.1) is 0 Å². The molecule has 1 aliphatic heterocycles. The summed E-state index contributed by atoms with van der Waals surface area (Å²) in [5.41, 5.74) is 5.38. The predicted octanol–water partition coefficient (Wildman–Crippen LogP) is -2.50. The molecule has 1 amide bonds. The Kier molecular flexibility index (Phi) is 8.56. The van der Waals surface area contributed by atoms with Crippen LogP contribution in [0.15, 0.2) is 0 Å². The Balaban J connectivity index is 3.05. The first kappa shape index (κ1) is 22.8. The molecule has 1 rings (SSSR count). The van der Waals surface area contributed by atoms with E-state index in [0.717, 1.165) is 13.8 Å². The topological polar surface area (TPSA) is 184 Å². The summed E-state index contributed by atoms with van der Waals surface area (Å²) in [6.07, 6.45) is -5.24. The van der Waals surface area contributed by atoms with Crippen LogP contribution in [-0.2, 0) is 38.1 Å². The minimum Gasteiger partial charge on any atom is -0.480 e. The maximum absolute atomic E-state index is 11.5. The first-order valence-corrected chi connectivity index (χ1v) is 8.04. The molecule has 0 aliphatic carbocycles. The number of carboxylic acids is 1. The molecule has 5 N–H and O–H groups in total. The number of hydrogen-bond donors (Lipinski definition) is 4. The van der Waals surface area contributed by atoms with Gasteiger partial charge in [0, 0.05) is 20.8 Å². The fraction of sp³-hybridized carbons (Fsp3) is 0.733. The van der Waals surface area contributed by atoms with Crippen molar-refractivity contribution >= 4 is 23.8 Å². The Morgan fingerprint density at radius 1 is 1.19 bits per heavy atom. The molecule has 4 unspecified atom stereocenters. The van der Waals surface area contributed by atoms with E-state index in [2.05, 4.69) is 5.32 Å². The van der Waals surface area contributed by atoms with Crippen molar-refractivity contribution < 1.29 is 48.3 Å². The fourth-order valence-corrected chi connectivity index (χ4v) is 2.39. The largest absolute Gasteiger partial charge is 0.480 e. The lowest BCUT2D eigenvalue weighted by atomic mass is 9.96. The minimum atomic E-state index is -1.46. The number of aliphatic carboxylic acids is 1. The SMILES string of the molecule is CC(=O)NC1C(OC(C)=O)[C@H](O)C(COC(C)=O)O[C@H]1OCC(N)C(=O)O. The average Bonchev–Trinajstić information content (AvgIpc) is 2.55. The van der Waals surface area contributed by atoms with Crippen molar-refractivity contribution in [2.45, 2.75) is 57.5 Å². The molecule has 0 aromatic rings. The third-order valence-corrected chi connectivity index (χ3v) is 3.55. The Morgan fingerprint density at radius 3 is 2.30 bits per heavy atom. The van der Waals surface area contributed by atoms with Crippen molar-refractivity contribution in [1.82, 2.24) is 5.32 Å². The molecule has 0 aromatic heterocycles. The number of amides is 1. The van der Waals surface area contributed by atoms with Crippen LogP contribution in [0.4, 0.5) is 0 Å². The zero-order valence-electron chi connectivity index (χ0n) is 15.1. The fourth-order valence-electron chi connectivity index (χ4n) is 2.39. The van der Waals surface area contributed by atoms with Gasteiger partial charge in [-0.1, -0.05) is 0 Å². The van der Waals surface area contributed by atoms with Crippen molar-refractivity contribution in [3.05, 3.63) is 0 Å². The third-order valence-electron chi connectivity index (χ3n) is 3.55. The molecule has 12 nitrogen and oxygen atoms in total. The number of nitrogens with two attached hydrogens (primary N) is 1. The Labute approximate surface area is 154 Å². The van der Waals surface area contributed by atoms with Crippen LogP contribution in [0.3, 0.4) is 0 Å². The molecular weight excluding hydrogens is 368 g/mol. The maximum Gasteiger partial charge on any atom is 0.322 e. The molecule has 0 radical (unpaired) electrons. The van der Waals surface area contributed by atoms with Gasteiger partial charge in [-0.05, 0) is 0 Å². The van der Waals surface area contributed by atoms with E-state index in [1.54, 1.807) is 0 Å². The van der Waals surface area contributed by atoms with Crippen LogP contribution in [0.2, 0.25) is 0 Å². The highest BCUT2D eigenvalue weighted by Gasteiger charge is 2.49. The van der Waals surface area contributed by atoms with E-state index in [9.17, 15) is 24.3 Å². The number of hydrogen-bond acceptors (Lipinski definition) is 10. The normalized spacial score (nSPS) is 28.7. The number of nitrogens with one attached hydrogen (secondary N) is 1. The average molecular weight is 392 g/mol. The predicted molar refractivity (Wildman–Crippen MR) is 86.0 cm³/mol. The molecule has 27 heavy (non-hydrogen) atoms. The maximum atomic E-state index is 11.5. The molecule has 6 atom stereocenters. The summed E-state index contributed by atoms with van der Waals surface area (Å²) in [6.45, 7) is 2.57. The smallest absolute Gasteiger partial charge is 0.322 e. The number of esters is 2. The van der Waals surface area contributed by atoms with Gasteiger partial charge in [-0.3, -0.25) is 19.2 Å². The van der Waals surface area contributed by atoms with E-state index in [1.165, 1.54) is 6.92 Å². The molecule has 1 saturated heterocycles. The second-order valence-electron chi connectivity index (χ2n) is 5.91. The summed E-state index contributed by atoms with van der Waals surface area (Å²) < 4.78 is 20.7. The number of aliphatic hydroxyl groups is 1. The van der Waals surface area contributed by atoms with Gasteiger partial charge in [0.25, 0.3) is 0 Å². The molecule has 0 spiro atoms. The second-order valence-corrected chi connectivity index (χ2v) is 5.91. The molecule has 1 aliphatic rings. The molecule has 1 heterocycles. The Morgan fingerprint density at radius 2 is 1.81 bits per heavy atom. The van der Waals surface area contributed by atoms with Crippen LogP contribution >= 0.6 is 0 Å². The second kappa shape index (κ2) is 10.2. The lowest BCUT2D eigenvalue weighted by Crippen LogP contribution is -2.66. The number of carbonyl (C=O) groups is 4. The third kappa shape index (κ3) is 7.09. The number of rotatable bonds is 8. The van der Waals surface area contributed by atoms with Gasteiger partial charge >= 0.3 is 17.9 Å². The van der Waals surface area contributed by atoms with Crippen LogP contribution in [0.5, 0.6) is 0 Å². The lowest BCUT2D eigenvalue weighted by molar-refractivity contribution is -0.275. The standard InChI is InChI=1S/C15H24N2O10/c1-6(18)17-11-13(26-8(3)20)12(21)10(5-24-7(2)19)27-15(11)25-4-9(16)14(22)23/h9-13,15,21H,4-5,16H2,1-3H3,(H,17,18)(H,22,23)/t9?,10?,11?,12-,13?,15-/m1/s1. The van der Waals surface area contributed by atoms with E-state index in [-0.39, 0.29) is 6.61 Å². The van der Waals surface area contributed by atoms with Crippen molar-refractivity contribution in [1.29, 1.82) is 0 Å². The minimum absolute atomic E-state index is 0.383. The molecule has 1 fully saturated rings. The molecule has 12 heteroatoms. The van der Waals surface area contributed by atoms with Crippen LogP contribution < -0.4 is 11.1 Å². The van der Waals surface area contributed by atoms with Gasteiger partial charge in [0.1, 0.15) is 30.9 Å². The zero-order chi connectivity index (χ0) is 20.7. The summed E-state index contributed by atoms with van der Waals surface area (Å²) in [6, 6.07) is -2.53. The van der Waals surface area contributed by atoms with Crippen molar-refractivity contribution in [3.8, 4) is 0 Å². The quantitative estimate of drug-likeness (QED) is 0.320. The first-order valence-electron chi connectivity index (χ1n) is 8.04. The summed E-state index contributed by atoms with van der Waals surface area (Å²) >= 11 is 0. The van der Waals surface area contributed by atoms with Gasteiger partial charge in [-0.2, -0.15) is 0 Å². The van der Waals surface area contributed by atoms with Crippen LogP contribution in [-0.4, -0.2) is 83.9 Å². The number of carbonyl (C=O) groups excluding carboxylic acids is 3. The number of ether oxygens (including phenoxy) is 4. The lowest BCUT2D eigenvalue weighted by Gasteiger charge is -2.43. The molecule has 0 bridgehead atoms. The van der Waals surface area contributed by atoms with E-state index in [1.807, 2.05) is 0 Å². The molecule has 0 saturated carbocycles. The molecule has 154 valence electrons. The van der Waals surface area contributed by atoms with E-state index < -0.39 is 67.1 Å². The first-order chi connectivity index (χ1) is 12.5. The van der Waals surface area contributed by atoms with E-state index >= 15 is 0 Å². The van der Waals surface area contributed by atoms with Gasteiger partial charge in [-0.25, -0.2) is 0 Å². The number of carboxylic acid groups (broad SMARTS) is 1. The summed E-state index contributed by atoms with van der Waals surface area (Å²) in [7, 11) is 0. The Bertz CT molecular complexity index is 569. The van der Waals surface area contributed by atoms with Gasteiger partial charge in [0.2, 0.25) is 5.91 Å². The monoisotopic (exact) mass is 392 g/mol. The highest BCUT2D eigenvalue weighted by atomic mass is 16.7. The van der Waals surface area contributed by atoms with Gasteiger partial charge < -0.3 is 40.2 Å². The summed E-state index contributed by atoms with van der Waals surface area (Å²) in [5.74, 6) is -3.25. The number of aliphatic hydroxyl groups excluding tert-OH is 1. The van der Waals surface area contributed by atoms with Crippen molar-refractivity contribution in [2.75, 3.05) is 13.2 Å². The van der Waals surface area contributed by atoms with Gasteiger partial charge in [0.15, 0.2) is 12.4 Å². The van der Waals surface area contributed by atoms with Gasteiger partial charge in [-0.15, -0.1) is 0 Å². The Hall–Kier alpha value is -2.28. The summed E-state index contributed by atoms with van der Waals surface area (Å²) in [5, 5.41) is 21.7. The van der Waals surface area contributed by atoms with Crippen molar-refractivity contribution in [3.63, 3.8) is 0 Å². The highest BCUT2D eigenvalue weighted by Crippen LogP contribution is 2.25. The molecule has 0 aromatic carbocycles. The summed E-state index contributed by atoms with van der Waals surface area (Å²) in [4.78, 5) is 44.8. The van der Waals surface area contributed by atoms with Crippen LogP contribution in [0.25, 0.3) is 0 Å².